The van der Waals surface area contributed by atoms with Gasteiger partial charge in [-0.2, -0.15) is 0 Å². The number of amides is 2. The first kappa shape index (κ1) is 22.5. The quantitative estimate of drug-likeness (QED) is 0.799. The molecule has 2 amide bonds. The molecule has 154 valence electrons. The highest BCUT2D eigenvalue weighted by Gasteiger charge is 2.34. The Morgan fingerprint density at radius 1 is 1.18 bits per heavy atom. The molecule has 1 aliphatic rings. The van der Waals surface area contributed by atoms with Crippen molar-refractivity contribution in [3.63, 3.8) is 0 Å². The molecule has 1 aliphatic heterocycles. The van der Waals surface area contributed by atoms with Crippen LogP contribution in [-0.2, 0) is 9.84 Å². The van der Waals surface area contributed by atoms with Crippen LogP contribution < -0.4 is 5.32 Å². The highest BCUT2D eigenvalue weighted by Crippen LogP contribution is 2.29. The zero-order valence-corrected chi connectivity index (χ0v) is 17.9. The fraction of sp³-hybridized carbons (Fsp3) is 0.450. The molecule has 1 heterocycles. The summed E-state index contributed by atoms with van der Waals surface area (Å²) in [6.45, 7) is 2.12. The number of halogens is 1. The van der Waals surface area contributed by atoms with Gasteiger partial charge in [-0.1, -0.05) is 36.4 Å². The summed E-state index contributed by atoms with van der Waals surface area (Å²) in [6, 6.07) is 12.7. The number of hydrogen-bond acceptors (Lipinski definition) is 4. The molecule has 0 aromatic heterocycles. The minimum Gasteiger partial charge on any atom is -0.337 e. The maximum absolute atomic E-state index is 13.3. The second-order valence-electron chi connectivity index (χ2n) is 7.27. The van der Waals surface area contributed by atoms with E-state index in [4.69, 9.17) is 0 Å². The van der Waals surface area contributed by atoms with E-state index in [-0.39, 0.29) is 25.0 Å². The van der Waals surface area contributed by atoms with Crippen molar-refractivity contribution in [2.24, 2.45) is 0 Å². The van der Waals surface area contributed by atoms with Crippen molar-refractivity contribution in [2.75, 3.05) is 40.3 Å². The van der Waals surface area contributed by atoms with E-state index in [1.165, 1.54) is 0 Å². The number of rotatable bonds is 5. The summed E-state index contributed by atoms with van der Waals surface area (Å²) in [7, 11) is 0.370. The largest absolute Gasteiger partial charge is 0.337 e. The Morgan fingerprint density at radius 3 is 2.64 bits per heavy atom. The lowest BCUT2D eigenvalue weighted by molar-refractivity contribution is 0.186. The molecule has 0 spiro atoms. The smallest absolute Gasteiger partial charge is 0.317 e. The molecular formula is C20H28ClN3O3S. The first-order valence-electron chi connectivity index (χ1n) is 9.29. The Hall–Kier alpha value is -1.83. The average Bonchev–Trinajstić information content (AvgIpc) is 2.67. The van der Waals surface area contributed by atoms with Crippen molar-refractivity contribution in [2.45, 2.75) is 23.0 Å². The number of carbonyl (C=O) groups is 1. The third kappa shape index (κ3) is 4.96. The number of sulfone groups is 1. The molecule has 2 aromatic rings. The van der Waals surface area contributed by atoms with Crippen molar-refractivity contribution in [3.8, 4) is 0 Å². The van der Waals surface area contributed by atoms with Crippen molar-refractivity contribution in [1.82, 2.24) is 15.1 Å². The monoisotopic (exact) mass is 425 g/mol. The molecule has 1 N–H and O–H groups in total. The Morgan fingerprint density at radius 2 is 1.89 bits per heavy atom. The molecule has 0 saturated carbocycles. The SMILES string of the molecule is CN(C)CCNC(=O)N1CCCC(S(=O)(=O)c2cccc3ccccc23)C1.Cl. The van der Waals surface area contributed by atoms with Gasteiger partial charge in [0.15, 0.2) is 9.84 Å². The van der Waals surface area contributed by atoms with Crippen LogP contribution in [0.1, 0.15) is 12.8 Å². The summed E-state index contributed by atoms with van der Waals surface area (Å²) in [5, 5.41) is 3.96. The Labute approximate surface area is 173 Å². The van der Waals surface area contributed by atoms with Gasteiger partial charge in [0.25, 0.3) is 0 Å². The molecule has 6 nitrogen and oxygen atoms in total. The maximum atomic E-state index is 13.3. The van der Waals surface area contributed by atoms with Gasteiger partial charge in [-0.25, -0.2) is 13.2 Å². The van der Waals surface area contributed by atoms with Crippen molar-refractivity contribution < 1.29 is 13.2 Å². The van der Waals surface area contributed by atoms with Crippen LogP contribution in [0.15, 0.2) is 47.4 Å². The molecule has 8 heteroatoms. The Bertz CT molecular complexity index is 913. The molecule has 0 aliphatic carbocycles. The lowest BCUT2D eigenvalue weighted by Crippen LogP contribution is -2.50. The van der Waals surface area contributed by atoms with E-state index < -0.39 is 15.1 Å². The van der Waals surface area contributed by atoms with Crippen LogP contribution in [0, 0.1) is 0 Å². The summed E-state index contributed by atoms with van der Waals surface area (Å²) >= 11 is 0. The zero-order chi connectivity index (χ0) is 19.4. The maximum Gasteiger partial charge on any atom is 0.317 e. The van der Waals surface area contributed by atoms with Crippen molar-refractivity contribution >= 4 is 39.0 Å². The van der Waals surface area contributed by atoms with Gasteiger partial charge in [0, 0.05) is 31.6 Å². The van der Waals surface area contributed by atoms with E-state index in [0.29, 0.717) is 30.8 Å². The van der Waals surface area contributed by atoms with Crippen LogP contribution in [0.25, 0.3) is 10.8 Å². The minimum absolute atomic E-state index is 0. The van der Waals surface area contributed by atoms with Crippen LogP contribution in [0.2, 0.25) is 0 Å². The number of fused-ring (bicyclic) bond motifs is 1. The summed E-state index contributed by atoms with van der Waals surface area (Å²) < 4.78 is 26.6. The second kappa shape index (κ2) is 9.58. The third-order valence-corrected chi connectivity index (χ3v) is 7.23. The number of likely N-dealkylation sites (N-methyl/N-ethyl adjacent to an activating group) is 1. The van der Waals surface area contributed by atoms with E-state index in [1.54, 1.807) is 17.0 Å². The van der Waals surface area contributed by atoms with E-state index in [1.807, 2.05) is 49.3 Å². The van der Waals surface area contributed by atoms with Crippen LogP contribution >= 0.6 is 12.4 Å². The van der Waals surface area contributed by atoms with Crippen LogP contribution in [0.3, 0.4) is 0 Å². The van der Waals surface area contributed by atoms with Gasteiger partial charge in [0.2, 0.25) is 0 Å². The fourth-order valence-electron chi connectivity index (χ4n) is 3.50. The number of likely N-dealkylation sites (tertiary alicyclic amines) is 1. The van der Waals surface area contributed by atoms with Crippen LogP contribution in [-0.4, -0.2) is 69.8 Å². The number of benzene rings is 2. The van der Waals surface area contributed by atoms with Crippen molar-refractivity contribution in [3.05, 3.63) is 42.5 Å². The molecule has 1 unspecified atom stereocenters. The standard InChI is InChI=1S/C20H27N3O3S.ClH/c1-22(2)14-12-21-20(24)23-13-6-9-17(15-23)27(25,26)19-11-5-8-16-7-3-4-10-18(16)19;/h3-5,7-8,10-11,17H,6,9,12-15H2,1-2H3,(H,21,24);1H. The molecule has 3 rings (SSSR count). The second-order valence-corrected chi connectivity index (χ2v) is 9.46. The molecule has 1 fully saturated rings. The Kier molecular flexibility index (Phi) is 7.69. The summed E-state index contributed by atoms with van der Waals surface area (Å²) in [4.78, 5) is 16.4. The van der Waals surface area contributed by atoms with Crippen LogP contribution in [0.5, 0.6) is 0 Å². The Balaban J connectivity index is 0.00000280. The number of carbonyl (C=O) groups excluding carboxylic acids is 1. The molecule has 28 heavy (non-hydrogen) atoms. The van der Waals surface area contributed by atoms with Gasteiger partial charge in [0.05, 0.1) is 10.1 Å². The van der Waals surface area contributed by atoms with E-state index in [0.717, 1.165) is 17.3 Å². The van der Waals surface area contributed by atoms with Gasteiger partial charge in [-0.3, -0.25) is 0 Å². The summed E-state index contributed by atoms with van der Waals surface area (Å²) in [5.41, 5.74) is 0. The number of nitrogens with zero attached hydrogens (tertiary/aromatic N) is 2. The minimum atomic E-state index is -3.52. The molecule has 2 aromatic carbocycles. The molecular weight excluding hydrogens is 398 g/mol. The lowest BCUT2D eigenvalue weighted by Gasteiger charge is -2.32. The van der Waals surface area contributed by atoms with E-state index in [2.05, 4.69) is 5.32 Å². The lowest BCUT2D eigenvalue weighted by atomic mass is 10.1. The number of nitrogens with one attached hydrogen (secondary N) is 1. The van der Waals surface area contributed by atoms with Gasteiger partial charge in [-0.15, -0.1) is 12.4 Å². The number of urea groups is 1. The van der Waals surface area contributed by atoms with Gasteiger partial charge in [-0.05, 0) is 38.4 Å². The van der Waals surface area contributed by atoms with E-state index >= 15 is 0 Å². The van der Waals surface area contributed by atoms with Gasteiger partial charge in [0.1, 0.15) is 0 Å². The topological polar surface area (TPSA) is 69.7 Å². The summed E-state index contributed by atoms with van der Waals surface area (Å²) in [5.74, 6) is 0. The zero-order valence-electron chi connectivity index (χ0n) is 16.3. The van der Waals surface area contributed by atoms with E-state index in [9.17, 15) is 13.2 Å². The fourth-order valence-corrected chi connectivity index (χ4v) is 5.47. The number of piperidine rings is 1. The van der Waals surface area contributed by atoms with Gasteiger partial charge < -0.3 is 15.1 Å². The third-order valence-electron chi connectivity index (χ3n) is 5.00. The predicted molar refractivity (Wildman–Crippen MR) is 115 cm³/mol. The average molecular weight is 426 g/mol. The first-order valence-corrected chi connectivity index (χ1v) is 10.8. The first-order chi connectivity index (χ1) is 12.9. The molecule has 0 radical (unpaired) electrons. The molecule has 0 bridgehead atoms. The molecule has 1 atom stereocenters. The predicted octanol–water partition coefficient (Wildman–Crippen LogP) is 2.77. The van der Waals surface area contributed by atoms with Gasteiger partial charge >= 0.3 is 6.03 Å². The van der Waals surface area contributed by atoms with Crippen LogP contribution in [0.4, 0.5) is 4.79 Å². The normalized spacial score (nSPS) is 17.4. The summed E-state index contributed by atoms with van der Waals surface area (Å²) in [6.07, 6.45) is 1.27. The highest BCUT2D eigenvalue weighted by atomic mass is 35.5. The number of hydrogen-bond donors (Lipinski definition) is 1. The molecule has 1 saturated heterocycles. The highest BCUT2D eigenvalue weighted by molar-refractivity contribution is 7.92. The van der Waals surface area contributed by atoms with Crippen molar-refractivity contribution in [1.29, 1.82) is 0 Å².